The molecular weight excluding hydrogens is 344 g/mol. The van der Waals surface area contributed by atoms with Gasteiger partial charge < -0.3 is 20.1 Å². The lowest BCUT2D eigenvalue weighted by molar-refractivity contribution is -0.116. The van der Waals surface area contributed by atoms with E-state index >= 15 is 0 Å². The molecule has 0 aliphatic heterocycles. The van der Waals surface area contributed by atoms with E-state index in [1.54, 1.807) is 45.0 Å². The fourth-order valence-corrected chi connectivity index (χ4v) is 2.21. The van der Waals surface area contributed by atoms with E-state index in [0.29, 0.717) is 30.8 Å². The predicted molar refractivity (Wildman–Crippen MR) is 105 cm³/mol. The zero-order valence-electron chi connectivity index (χ0n) is 16.0. The second kappa shape index (κ2) is 9.62. The van der Waals surface area contributed by atoms with Crippen molar-refractivity contribution < 1.29 is 19.1 Å². The Labute approximate surface area is 159 Å². The van der Waals surface area contributed by atoms with Gasteiger partial charge in [-0.15, -0.1) is 0 Å². The molecule has 0 fully saturated rings. The molecule has 6 heteroatoms. The summed E-state index contributed by atoms with van der Waals surface area (Å²) in [5, 5.41) is 5.45. The van der Waals surface area contributed by atoms with Crippen LogP contribution in [0.25, 0.3) is 0 Å². The highest BCUT2D eigenvalue weighted by Crippen LogP contribution is 2.22. The normalized spacial score (nSPS) is 10.8. The highest BCUT2D eigenvalue weighted by Gasteiger charge is 2.15. The van der Waals surface area contributed by atoms with Gasteiger partial charge in [0, 0.05) is 18.7 Å². The lowest BCUT2D eigenvalue weighted by Gasteiger charge is -2.19. The van der Waals surface area contributed by atoms with Crippen LogP contribution in [0.15, 0.2) is 54.6 Å². The summed E-state index contributed by atoms with van der Waals surface area (Å²) in [4.78, 5) is 23.5. The summed E-state index contributed by atoms with van der Waals surface area (Å²) in [5.74, 6) is 1.34. The van der Waals surface area contributed by atoms with Gasteiger partial charge >= 0.3 is 6.09 Å². The smallest absolute Gasteiger partial charge is 0.407 e. The Bertz CT molecular complexity index is 737. The third-order valence-electron chi connectivity index (χ3n) is 3.37. The van der Waals surface area contributed by atoms with E-state index in [2.05, 4.69) is 10.6 Å². The van der Waals surface area contributed by atoms with Gasteiger partial charge in [0.05, 0.1) is 0 Å². The molecule has 0 saturated carbocycles. The molecule has 6 nitrogen and oxygen atoms in total. The fraction of sp³-hybridized carbons (Fsp3) is 0.333. The Morgan fingerprint density at radius 2 is 1.56 bits per heavy atom. The van der Waals surface area contributed by atoms with Crippen LogP contribution in [0.4, 0.5) is 10.5 Å². The number of hydrogen-bond donors (Lipinski definition) is 2. The van der Waals surface area contributed by atoms with Crippen molar-refractivity contribution in [2.45, 2.75) is 39.2 Å². The van der Waals surface area contributed by atoms with Crippen molar-refractivity contribution in [3.63, 3.8) is 0 Å². The van der Waals surface area contributed by atoms with E-state index in [1.807, 2.05) is 30.3 Å². The standard InChI is InChI=1S/C21H26N2O4/c1-21(2,3)27-20(25)22-15-7-10-19(24)23-16-11-13-18(14-12-16)26-17-8-5-4-6-9-17/h4-6,8-9,11-14H,7,10,15H2,1-3H3,(H,22,25)(H,23,24). The lowest BCUT2D eigenvalue weighted by Crippen LogP contribution is -2.33. The van der Waals surface area contributed by atoms with Crippen molar-refractivity contribution >= 4 is 17.7 Å². The van der Waals surface area contributed by atoms with Crippen LogP contribution < -0.4 is 15.4 Å². The maximum absolute atomic E-state index is 12.0. The van der Waals surface area contributed by atoms with E-state index in [9.17, 15) is 9.59 Å². The minimum absolute atomic E-state index is 0.113. The van der Waals surface area contributed by atoms with Gasteiger partial charge in [0.1, 0.15) is 17.1 Å². The predicted octanol–water partition coefficient (Wildman–Crippen LogP) is 4.72. The number of para-hydroxylation sites is 1. The molecule has 2 rings (SSSR count). The van der Waals surface area contributed by atoms with Gasteiger partial charge in [-0.05, 0) is 63.6 Å². The quantitative estimate of drug-likeness (QED) is 0.691. The number of amides is 2. The molecule has 2 amide bonds. The third-order valence-corrected chi connectivity index (χ3v) is 3.37. The van der Waals surface area contributed by atoms with Crippen LogP contribution in [-0.2, 0) is 9.53 Å². The molecular formula is C21H26N2O4. The van der Waals surface area contributed by atoms with E-state index in [-0.39, 0.29) is 5.91 Å². The zero-order chi connectivity index (χ0) is 19.7. The highest BCUT2D eigenvalue weighted by molar-refractivity contribution is 5.90. The van der Waals surface area contributed by atoms with Crippen molar-refractivity contribution in [3.8, 4) is 11.5 Å². The number of benzene rings is 2. The number of carbonyl (C=O) groups excluding carboxylic acids is 2. The van der Waals surface area contributed by atoms with Crippen molar-refractivity contribution in [2.24, 2.45) is 0 Å². The van der Waals surface area contributed by atoms with E-state index in [0.717, 1.165) is 5.75 Å². The average molecular weight is 370 g/mol. The van der Waals surface area contributed by atoms with Gasteiger partial charge in [0.2, 0.25) is 5.91 Å². The monoisotopic (exact) mass is 370 g/mol. The molecule has 0 aliphatic carbocycles. The third kappa shape index (κ3) is 8.27. The Morgan fingerprint density at radius 1 is 0.926 bits per heavy atom. The molecule has 2 aromatic carbocycles. The summed E-state index contributed by atoms with van der Waals surface area (Å²) in [6.45, 7) is 5.79. The Morgan fingerprint density at radius 3 is 2.19 bits per heavy atom. The summed E-state index contributed by atoms with van der Waals surface area (Å²) < 4.78 is 10.8. The molecule has 0 radical (unpaired) electrons. The fourth-order valence-electron chi connectivity index (χ4n) is 2.21. The molecule has 27 heavy (non-hydrogen) atoms. The lowest BCUT2D eigenvalue weighted by atomic mass is 10.2. The molecule has 0 aliphatic rings. The Hall–Kier alpha value is -3.02. The van der Waals surface area contributed by atoms with Crippen molar-refractivity contribution in [1.29, 1.82) is 0 Å². The van der Waals surface area contributed by atoms with Crippen LogP contribution in [0.2, 0.25) is 0 Å². The summed E-state index contributed by atoms with van der Waals surface area (Å²) in [6, 6.07) is 16.7. The number of alkyl carbamates (subject to hydrolysis) is 1. The minimum Gasteiger partial charge on any atom is -0.457 e. The van der Waals surface area contributed by atoms with E-state index in [1.165, 1.54) is 0 Å². The number of anilines is 1. The molecule has 0 saturated heterocycles. The zero-order valence-corrected chi connectivity index (χ0v) is 16.0. The second-order valence-electron chi connectivity index (χ2n) is 7.02. The van der Waals surface area contributed by atoms with Crippen molar-refractivity contribution in [1.82, 2.24) is 5.32 Å². The summed E-state index contributed by atoms with van der Waals surface area (Å²) in [5.41, 5.74) is 0.165. The summed E-state index contributed by atoms with van der Waals surface area (Å²) >= 11 is 0. The number of rotatable bonds is 7. The number of ether oxygens (including phenoxy) is 2. The van der Waals surface area contributed by atoms with Crippen LogP contribution in [-0.4, -0.2) is 24.1 Å². The van der Waals surface area contributed by atoms with Gasteiger partial charge in [0.15, 0.2) is 0 Å². The first-order valence-electron chi connectivity index (χ1n) is 8.91. The van der Waals surface area contributed by atoms with Gasteiger partial charge in [-0.3, -0.25) is 4.79 Å². The van der Waals surface area contributed by atoms with Crippen LogP contribution in [0, 0.1) is 0 Å². The summed E-state index contributed by atoms with van der Waals surface area (Å²) in [6.07, 6.45) is 0.357. The first kappa shape index (κ1) is 20.3. The van der Waals surface area contributed by atoms with Gasteiger partial charge in [-0.2, -0.15) is 0 Å². The SMILES string of the molecule is CC(C)(C)OC(=O)NCCCC(=O)Nc1ccc(Oc2ccccc2)cc1. The molecule has 2 N–H and O–H groups in total. The topological polar surface area (TPSA) is 76.7 Å². The number of hydrogen-bond acceptors (Lipinski definition) is 4. The molecule has 0 bridgehead atoms. The summed E-state index contributed by atoms with van der Waals surface area (Å²) in [7, 11) is 0. The minimum atomic E-state index is -0.530. The van der Waals surface area contributed by atoms with Crippen molar-refractivity contribution in [3.05, 3.63) is 54.6 Å². The first-order chi connectivity index (χ1) is 12.8. The van der Waals surface area contributed by atoms with E-state index in [4.69, 9.17) is 9.47 Å². The van der Waals surface area contributed by atoms with Crippen LogP contribution in [0.1, 0.15) is 33.6 Å². The Balaban J connectivity index is 1.69. The molecule has 144 valence electrons. The molecule has 2 aromatic rings. The molecule has 0 atom stereocenters. The molecule has 0 unspecified atom stereocenters. The molecule has 0 spiro atoms. The highest BCUT2D eigenvalue weighted by atomic mass is 16.6. The number of nitrogens with one attached hydrogen (secondary N) is 2. The van der Waals surface area contributed by atoms with Gasteiger partial charge in [-0.25, -0.2) is 4.79 Å². The van der Waals surface area contributed by atoms with Gasteiger partial charge in [0.25, 0.3) is 0 Å². The maximum Gasteiger partial charge on any atom is 0.407 e. The molecule has 0 aromatic heterocycles. The van der Waals surface area contributed by atoms with Crippen LogP contribution in [0.3, 0.4) is 0 Å². The van der Waals surface area contributed by atoms with Crippen LogP contribution >= 0.6 is 0 Å². The van der Waals surface area contributed by atoms with Crippen molar-refractivity contribution in [2.75, 3.05) is 11.9 Å². The molecule has 0 heterocycles. The average Bonchev–Trinajstić information content (AvgIpc) is 2.60. The van der Waals surface area contributed by atoms with E-state index < -0.39 is 11.7 Å². The largest absolute Gasteiger partial charge is 0.457 e. The first-order valence-corrected chi connectivity index (χ1v) is 8.91. The second-order valence-corrected chi connectivity index (χ2v) is 7.02. The van der Waals surface area contributed by atoms with Crippen LogP contribution in [0.5, 0.6) is 11.5 Å². The maximum atomic E-state index is 12.0. The van der Waals surface area contributed by atoms with Gasteiger partial charge in [-0.1, -0.05) is 18.2 Å². The number of carbonyl (C=O) groups is 2. The Kier molecular flexibility index (Phi) is 7.23.